The van der Waals surface area contributed by atoms with Crippen LogP contribution >= 0.6 is 31.9 Å². The van der Waals surface area contributed by atoms with Crippen molar-refractivity contribution in [2.24, 2.45) is 0 Å². The van der Waals surface area contributed by atoms with Gasteiger partial charge in [0.05, 0.1) is 0 Å². The molecule has 0 aliphatic heterocycles. The van der Waals surface area contributed by atoms with Crippen molar-refractivity contribution in [2.75, 3.05) is 5.32 Å². The monoisotopic (exact) mass is 383 g/mol. The second-order valence-corrected chi connectivity index (χ2v) is 5.95. The van der Waals surface area contributed by atoms with Crippen LogP contribution in [0.4, 0.5) is 5.82 Å². The Balaban J connectivity index is 2.04. The average molecular weight is 385 g/mol. The Bertz CT molecular complexity index is 541. The van der Waals surface area contributed by atoms with Gasteiger partial charge in [0.2, 0.25) is 0 Å². The number of nitrogens with zero attached hydrogens (tertiary/aromatic N) is 2. The van der Waals surface area contributed by atoms with Crippen molar-refractivity contribution in [3.05, 3.63) is 50.8 Å². The Morgan fingerprint density at radius 2 is 1.84 bits per heavy atom. The van der Waals surface area contributed by atoms with Crippen LogP contribution in [0.2, 0.25) is 0 Å². The molecule has 100 valence electrons. The fraction of sp³-hybridized carbons (Fsp3) is 0.286. The van der Waals surface area contributed by atoms with E-state index in [-0.39, 0.29) is 0 Å². The highest BCUT2D eigenvalue weighted by Gasteiger charge is 2.02. The molecule has 0 radical (unpaired) electrons. The highest BCUT2D eigenvalue weighted by atomic mass is 79.9. The van der Waals surface area contributed by atoms with Gasteiger partial charge < -0.3 is 5.32 Å². The van der Waals surface area contributed by atoms with Gasteiger partial charge in [-0.05, 0) is 40.0 Å². The Morgan fingerprint density at radius 3 is 2.53 bits per heavy atom. The van der Waals surface area contributed by atoms with Crippen molar-refractivity contribution in [3.63, 3.8) is 0 Å². The smallest absolute Gasteiger partial charge is 0.132 e. The zero-order valence-electron chi connectivity index (χ0n) is 10.7. The third kappa shape index (κ3) is 4.58. The minimum atomic E-state index is 0.752. The van der Waals surface area contributed by atoms with Crippen molar-refractivity contribution in [1.29, 1.82) is 0 Å². The molecule has 0 spiro atoms. The molecule has 0 amide bonds. The van der Waals surface area contributed by atoms with Gasteiger partial charge in [0.1, 0.15) is 16.2 Å². The first-order valence-corrected chi connectivity index (χ1v) is 7.77. The molecule has 3 nitrogen and oxygen atoms in total. The van der Waals surface area contributed by atoms with E-state index >= 15 is 0 Å². The van der Waals surface area contributed by atoms with Gasteiger partial charge in [-0.2, -0.15) is 0 Å². The van der Waals surface area contributed by atoms with Gasteiger partial charge in [-0.25, -0.2) is 9.97 Å². The molecular formula is C14H15Br2N3. The molecule has 0 bridgehead atoms. The highest BCUT2D eigenvalue weighted by molar-refractivity contribution is 9.10. The number of aromatic nitrogens is 2. The first-order chi connectivity index (χ1) is 9.17. The van der Waals surface area contributed by atoms with Crippen molar-refractivity contribution in [1.82, 2.24) is 9.97 Å². The molecule has 0 saturated heterocycles. The highest BCUT2D eigenvalue weighted by Crippen LogP contribution is 2.15. The number of benzene rings is 1. The van der Waals surface area contributed by atoms with Crippen molar-refractivity contribution in [3.8, 4) is 0 Å². The van der Waals surface area contributed by atoms with Gasteiger partial charge in [0.25, 0.3) is 0 Å². The minimum Gasteiger partial charge on any atom is -0.366 e. The molecule has 2 rings (SSSR count). The second kappa shape index (κ2) is 7.01. The Hall–Kier alpha value is -0.940. The number of halogens is 2. The summed E-state index contributed by atoms with van der Waals surface area (Å²) in [4.78, 5) is 8.84. The number of hydrogen-bond acceptors (Lipinski definition) is 3. The van der Waals surface area contributed by atoms with Gasteiger partial charge in [-0.15, -0.1) is 0 Å². The topological polar surface area (TPSA) is 37.8 Å². The molecule has 2 aromatic rings. The van der Waals surface area contributed by atoms with Crippen LogP contribution in [0.15, 0.2) is 39.4 Å². The number of aryl methyl sites for hydroxylation is 1. The number of hydrogen-bond donors (Lipinski definition) is 1. The largest absolute Gasteiger partial charge is 0.366 e. The van der Waals surface area contributed by atoms with Gasteiger partial charge in [-0.1, -0.05) is 35.0 Å². The summed E-state index contributed by atoms with van der Waals surface area (Å²) >= 11 is 6.85. The quantitative estimate of drug-likeness (QED) is 0.767. The summed E-state index contributed by atoms with van der Waals surface area (Å²) < 4.78 is 1.91. The molecule has 1 heterocycles. The third-order valence-corrected chi connectivity index (χ3v) is 3.54. The maximum atomic E-state index is 4.49. The van der Waals surface area contributed by atoms with Crippen LogP contribution in [0.25, 0.3) is 0 Å². The maximum Gasteiger partial charge on any atom is 0.132 e. The van der Waals surface area contributed by atoms with E-state index in [0.717, 1.165) is 40.1 Å². The lowest BCUT2D eigenvalue weighted by molar-refractivity contribution is 0.828. The van der Waals surface area contributed by atoms with Gasteiger partial charge in [-0.3, -0.25) is 0 Å². The molecule has 19 heavy (non-hydrogen) atoms. The Labute approximate surface area is 130 Å². The standard InChI is InChI=1S/C14H15Br2N3/c1-2-3-13-18-12(16)8-14(19-13)17-9-10-4-6-11(15)7-5-10/h4-8H,2-3,9H2,1H3,(H,17,18,19). The summed E-state index contributed by atoms with van der Waals surface area (Å²) in [6.45, 7) is 2.88. The maximum absolute atomic E-state index is 4.49. The van der Waals surface area contributed by atoms with Crippen LogP contribution in [0.1, 0.15) is 24.7 Å². The first-order valence-electron chi connectivity index (χ1n) is 6.19. The minimum absolute atomic E-state index is 0.752. The van der Waals surface area contributed by atoms with E-state index < -0.39 is 0 Å². The zero-order chi connectivity index (χ0) is 13.7. The van der Waals surface area contributed by atoms with Crippen LogP contribution < -0.4 is 5.32 Å². The molecule has 1 aromatic heterocycles. The predicted molar refractivity (Wildman–Crippen MR) is 85.2 cm³/mol. The van der Waals surface area contributed by atoms with Gasteiger partial charge in [0, 0.05) is 23.5 Å². The van der Waals surface area contributed by atoms with Crippen molar-refractivity contribution in [2.45, 2.75) is 26.3 Å². The van der Waals surface area contributed by atoms with Crippen LogP contribution in [0, 0.1) is 0 Å². The normalized spacial score (nSPS) is 10.5. The molecule has 0 atom stereocenters. The van der Waals surface area contributed by atoms with Crippen LogP contribution in [-0.2, 0) is 13.0 Å². The van der Waals surface area contributed by atoms with Gasteiger partial charge in [0.15, 0.2) is 0 Å². The van der Waals surface area contributed by atoms with Gasteiger partial charge >= 0.3 is 0 Å². The molecule has 0 saturated carbocycles. The fourth-order valence-corrected chi connectivity index (χ4v) is 2.37. The van der Waals surface area contributed by atoms with E-state index in [9.17, 15) is 0 Å². The van der Waals surface area contributed by atoms with E-state index in [0.29, 0.717) is 0 Å². The van der Waals surface area contributed by atoms with E-state index in [2.05, 4.69) is 66.2 Å². The molecule has 0 fully saturated rings. The fourth-order valence-electron chi connectivity index (χ4n) is 1.69. The first kappa shape index (κ1) is 14.5. The van der Waals surface area contributed by atoms with Crippen LogP contribution in [0.3, 0.4) is 0 Å². The van der Waals surface area contributed by atoms with Crippen molar-refractivity contribution < 1.29 is 0 Å². The molecule has 1 N–H and O–H groups in total. The molecule has 0 aliphatic rings. The number of nitrogens with one attached hydrogen (secondary N) is 1. The molecular weight excluding hydrogens is 370 g/mol. The Kier molecular flexibility index (Phi) is 5.34. The SMILES string of the molecule is CCCc1nc(Br)cc(NCc2ccc(Br)cc2)n1. The Morgan fingerprint density at radius 1 is 1.11 bits per heavy atom. The molecule has 1 aromatic carbocycles. The summed E-state index contributed by atoms with van der Waals surface area (Å²) in [6.07, 6.45) is 1.94. The zero-order valence-corrected chi connectivity index (χ0v) is 13.8. The number of rotatable bonds is 5. The summed E-state index contributed by atoms with van der Waals surface area (Å²) in [7, 11) is 0. The summed E-state index contributed by atoms with van der Waals surface area (Å²) in [5.41, 5.74) is 1.22. The third-order valence-electron chi connectivity index (χ3n) is 2.60. The average Bonchev–Trinajstić information content (AvgIpc) is 2.38. The lowest BCUT2D eigenvalue weighted by atomic mass is 10.2. The second-order valence-electron chi connectivity index (χ2n) is 4.22. The van der Waals surface area contributed by atoms with Crippen molar-refractivity contribution >= 4 is 37.7 Å². The lowest BCUT2D eigenvalue weighted by Gasteiger charge is -2.08. The van der Waals surface area contributed by atoms with E-state index in [1.165, 1.54) is 5.56 Å². The van der Waals surface area contributed by atoms with E-state index in [1.54, 1.807) is 0 Å². The van der Waals surface area contributed by atoms with E-state index in [1.807, 2.05) is 18.2 Å². The van der Waals surface area contributed by atoms with E-state index in [4.69, 9.17) is 0 Å². The van der Waals surface area contributed by atoms with Crippen LogP contribution in [-0.4, -0.2) is 9.97 Å². The summed E-state index contributed by atoms with van der Waals surface area (Å²) in [5, 5.41) is 3.32. The predicted octanol–water partition coefficient (Wildman–Crippen LogP) is 4.57. The molecule has 0 unspecified atom stereocenters. The van der Waals surface area contributed by atoms with Crippen LogP contribution in [0.5, 0.6) is 0 Å². The molecule has 0 aliphatic carbocycles. The summed E-state index contributed by atoms with van der Waals surface area (Å²) in [6, 6.07) is 10.1. The lowest BCUT2D eigenvalue weighted by Crippen LogP contribution is -2.04. The summed E-state index contributed by atoms with van der Waals surface area (Å²) in [5.74, 6) is 1.73. The number of anilines is 1. The molecule has 5 heteroatoms.